The number of fused-ring (bicyclic) bond motifs is 5. The number of rotatable bonds is 0. The maximum Gasteiger partial charge on any atom is 0.0649 e. The third kappa shape index (κ3) is 1.66. The monoisotopic (exact) mass is 295 g/mol. The molecule has 0 unspecified atom stereocenters. The van der Waals surface area contributed by atoms with E-state index in [2.05, 4.69) is 79.7 Å². The fourth-order valence-electron chi connectivity index (χ4n) is 3.93. The van der Waals surface area contributed by atoms with Crippen molar-refractivity contribution in [1.29, 1.82) is 0 Å². The van der Waals surface area contributed by atoms with E-state index in [0.29, 0.717) is 0 Å². The Balaban J connectivity index is 1.92. The number of nitrogens with two attached hydrogens (primary N) is 1. The SMILES string of the molecule is CC1(N)c2cc3ccccc3cc2-c2cc3ccccc3cc21. The van der Waals surface area contributed by atoms with Crippen LogP contribution >= 0.6 is 0 Å². The van der Waals surface area contributed by atoms with Crippen LogP contribution in [0.3, 0.4) is 0 Å². The first-order chi connectivity index (χ1) is 11.1. The Morgan fingerprint density at radius 3 is 1.35 bits per heavy atom. The quantitative estimate of drug-likeness (QED) is 0.474. The highest BCUT2D eigenvalue weighted by molar-refractivity contribution is 5.97. The van der Waals surface area contributed by atoms with E-state index < -0.39 is 5.54 Å². The topological polar surface area (TPSA) is 26.0 Å². The summed E-state index contributed by atoms with van der Waals surface area (Å²) < 4.78 is 0. The van der Waals surface area contributed by atoms with Crippen LogP contribution in [0.1, 0.15) is 18.1 Å². The molecule has 0 atom stereocenters. The predicted molar refractivity (Wildman–Crippen MR) is 97.5 cm³/mol. The van der Waals surface area contributed by atoms with Crippen molar-refractivity contribution in [3.8, 4) is 11.1 Å². The third-order valence-corrected chi connectivity index (χ3v) is 5.18. The molecule has 1 aliphatic carbocycles. The Bertz CT molecular complexity index is 1000. The average Bonchev–Trinajstić information content (AvgIpc) is 2.79. The molecule has 0 radical (unpaired) electrons. The van der Waals surface area contributed by atoms with Crippen molar-refractivity contribution in [2.75, 3.05) is 0 Å². The second kappa shape index (κ2) is 4.21. The summed E-state index contributed by atoms with van der Waals surface area (Å²) in [4.78, 5) is 0. The molecule has 5 rings (SSSR count). The average molecular weight is 295 g/mol. The van der Waals surface area contributed by atoms with Crippen molar-refractivity contribution < 1.29 is 0 Å². The molecule has 23 heavy (non-hydrogen) atoms. The van der Waals surface area contributed by atoms with Crippen molar-refractivity contribution in [1.82, 2.24) is 0 Å². The van der Waals surface area contributed by atoms with E-state index in [9.17, 15) is 0 Å². The summed E-state index contributed by atoms with van der Waals surface area (Å²) in [6.07, 6.45) is 0. The molecule has 0 saturated heterocycles. The van der Waals surface area contributed by atoms with Crippen LogP contribution in [0, 0.1) is 0 Å². The van der Waals surface area contributed by atoms with Gasteiger partial charge in [-0.25, -0.2) is 0 Å². The van der Waals surface area contributed by atoms with E-state index in [0.717, 1.165) is 0 Å². The molecule has 0 bridgehead atoms. The van der Waals surface area contributed by atoms with E-state index in [1.807, 2.05) is 0 Å². The highest BCUT2D eigenvalue weighted by Gasteiger charge is 2.36. The highest BCUT2D eigenvalue weighted by Crippen LogP contribution is 2.48. The van der Waals surface area contributed by atoms with Crippen LogP contribution in [0.4, 0.5) is 0 Å². The molecular formula is C22H17N. The van der Waals surface area contributed by atoms with Gasteiger partial charge in [0.05, 0.1) is 5.54 Å². The summed E-state index contributed by atoms with van der Waals surface area (Å²) in [6, 6.07) is 26.1. The van der Waals surface area contributed by atoms with Gasteiger partial charge < -0.3 is 5.73 Å². The molecule has 1 aliphatic rings. The Labute approximate surface area is 135 Å². The summed E-state index contributed by atoms with van der Waals surface area (Å²) in [5.41, 5.74) is 11.3. The first-order valence-electron chi connectivity index (χ1n) is 8.00. The normalized spacial score (nSPS) is 14.9. The van der Waals surface area contributed by atoms with Crippen molar-refractivity contribution in [2.24, 2.45) is 5.73 Å². The standard InChI is InChI=1S/C22H17N/c1-22(23)20-12-16-8-4-2-6-14(16)10-18(20)19-11-15-7-3-5-9-17(15)13-21(19)22/h2-13H,23H2,1H3. The highest BCUT2D eigenvalue weighted by atomic mass is 14.7. The molecule has 0 amide bonds. The van der Waals surface area contributed by atoms with E-state index in [1.54, 1.807) is 0 Å². The Hall–Kier alpha value is -2.64. The third-order valence-electron chi connectivity index (χ3n) is 5.18. The van der Waals surface area contributed by atoms with Crippen LogP contribution in [-0.4, -0.2) is 0 Å². The van der Waals surface area contributed by atoms with Gasteiger partial charge in [-0.2, -0.15) is 0 Å². The zero-order valence-corrected chi connectivity index (χ0v) is 13.0. The van der Waals surface area contributed by atoms with Crippen molar-refractivity contribution in [2.45, 2.75) is 12.5 Å². The van der Waals surface area contributed by atoms with Gasteiger partial charge in [-0.3, -0.25) is 0 Å². The minimum absolute atomic E-state index is 0.446. The molecular weight excluding hydrogens is 278 g/mol. The minimum Gasteiger partial charge on any atom is -0.318 e. The van der Waals surface area contributed by atoms with Crippen LogP contribution in [0.5, 0.6) is 0 Å². The zero-order valence-electron chi connectivity index (χ0n) is 13.0. The molecule has 4 aromatic carbocycles. The minimum atomic E-state index is -0.446. The smallest absolute Gasteiger partial charge is 0.0649 e. The Morgan fingerprint density at radius 2 is 0.957 bits per heavy atom. The first-order valence-corrected chi connectivity index (χ1v) is 8.00. The molecule has 110 valence electrons. The second-order valence-corrected chi connectivity index (χ2v) is 6.69. The molecule has 0 aliphatic heterocycles. The van der Waals surface area contributed by atoms with Crippen LogP contribution in [-0.2, 0) is 5.54 Å². The summed E-state index contributed by atoms with van der Waals surface area (Å²) in [5, 5.41) is 5.03. The molecule has 0 spiro atoms. The Kier molecular flexibility index (Phi) is 2.36. The lowest BCUT2D eigenvalue weighted by Gasteiger charge is -2.22. The lowest BCUT2D eigenvalue weighted by Crippen LogP contribution is -2.31. The molecule has 0 heterocycles. The molecule has 2 N–H and O–H groups in total. The maximum absolute atomic E-state index is 6.78. The maximum atomic E-state index is 6.78. The summed E-state index contributed by atoms with van der Waals surface area (Å²) >= 11 is 0. The van der Waals surface area contributed by atoms with Crippen molar-refractivity contribution in [3.63, 3.8) is 0 Å². The van der Waals surface area contributed by atoms with Crippen LogP contribution < -0.4 is 5.73 Å². The molecule has 4 aromatic rings. The van der Waals surface area contributed by atoms with Crippen LogP contribution in [0.15, 0.2) is 72.8 Å². The van der Waals surface area contributed by atoms with Crippen LogP contribution in [0.2, 0.25) is 0 Å². The lowest BCUT2D eigenvalue weighted by atomic mass is 9.89. The van der Waals surface area contributed by atoms with E-state index in [4.69, 9.17) is 5.73 Å². The van der Waals surface area contributed by atoms with Crippen LogP contribution in [0.25, 0.3) is 32.7 Å². The Morgan fingerprint density at radius 1 is 0.609 bits per heavy atom. The van der Waals surface area contributed by atoms with Gasteiger partial charge in [0.25, 0.3) is 0 Å². The fourth-order valence-corrected chi connectivity index (χ4v) is 3.93. The van der Waals surface area contributed by atoms with Gasteiger partial charge in [0, 0.05) is 0 Å². The second-order valence-electron chi connectivity index (χ2n) is 6.69. The summed E-state index contributed by atoms with van der Waals surface area (Å²) in [6.45, 7) is 2.13. The van der Waals surface area contributed by atoms with Crippen molar-refractivity contribution in [3.05, 3.63) is 83.9 Å². The fraction of sp³-hybridized carbons (Fsp3) is 0.0909. The van der Waals surface area contributed by atoms with E-state index >= 15 is 0 Å². The lowest BCUT2D eigenvalue weighted by molar-refractivity contribution is 0.622. The summed E-state index contributed by atoms with van der Waals surface area (Å²) in [5.74, 6) is 0. The van der Waals surface area contributed by atoms with E-state index in [-0.39, 0.29) is 0 Å². The molecule has 1 nitrogen and oxygen atoms in total. The number of hydrogen-bond donors (Lipinski definition) is 1. The molecule has 0 saturated carbocycles. The molecule has 1 heteroatoms. The van der Waals surface area contributed by atoms with Crippen molar-refractivity contribution >= 4 is 21.5 Å². The summed E-state index contributed by atoms with van der Waals surface area (Å²) in [7, 11) is 0. The van der Waals surface area contributed by atoms with Gasteiger partial charge in [-0.05, 0) is 75.0 Å². The van der Waals surface area contributed by atoms with Gasteiger partial charge in [0.2, 0.25) is 0 Å². The van der Waals surface area contributed by atoms with Gasteiger partial charge in [-0.1, -0.05) is 48.5 Å². The number of hydrogen-bond acceptors (Lipinski definition) is 1. The largest absolute Gasteiger partial charge is 0.318 e. The molecule has 0 aromatic heterocycles. The number of benzene rings is 4. The van der Waals surface area contributed by atoms with E-state index in [1.165, 1.54) is 43.8 Å². The van der Waals surface area contributed by atoms with Gasteiger partial charge in [0.1, 0.15) is 0 Å². The van der Waals surface area contributed by atoms with Gasteiger partial charge >= 0.3 is 0 Å². The van der Waals surface area contributed by atoms with Gasteiger partial charge in [-0.15, -0.1) is 0 Å². The molecule has 0 fully saturated rings. The van der Waals surface area contributed by atoms with Gasteiger partial charge in [0.15, 0.2) is 0 Å². The zero-order chi connectivity index (χ0) is 15.6. The first kappa shape index (κ1) is 12.9. The predicted octanol–water partition coefficient (Wildman–Crippen LogP) is 5.20.